The Morgan fingerprint density at radius 3 is 2.57 bits per heavy atom. The molecule has 0 spiro atoms. The molecule has 0 aromatic heterocycles. The van der Waals surface area contributed by atoms with Crippen LogP contribution in [-0.2, 0) is 14.3 Å². The van der Waals surface area contributed by atoms with Gasteiger partial charge in [0.15, 0.2) is 12.9 Å². The van der Waals surface area contributed by atoms with Crippen LogP contribution in [0.5, 0.6) is 11.5 Å². The van der Waals surface area contributed by atoms with E-state index >= 15 is 0 Å². The summed E-state index contributed by atoms with van der Waals surface area (Å²) < 4.78 is 22.1. The van der Waals surface area contributed by atoms with E-state index < -0.39 is 18.9 Å². The summed E-state index contributed by atoms with van der Waals surface area (Å²) >= 11 is 0. The van der Waals surface area contributed by atoms with Crippen molar-refractivity contribution in [3.8, 4) is 11.5 Å². The highest BCUT2D eigenvalue weighted by molar-refractivity contribution is 5.68. The predicted molar refractivity (Wildman–Crippen MR) is 74.6 cm³/mol. The summed E-state index contributed by atoms with van der Waals surface area (Å²) in [5.74, 6) is -0.0111. The molecule has 21 heavy (non-hydrogen) atoms. The minimum Gasteiger partial charge on any atom is -0.493 e. The van der Waals surface area contributed by atoms with Gasteiger partial charge in [0.2, 0.25) is 0 Å². The van der Waals surface area contributed by atoms with Crippen molar-refractivity contribution < 1.29 is 28.8 Å². The Morgan fingerprint density at radius 1 is 1.29 bits per heavy atom. The average molecular weight is 296 g/mol. The summed E-state index contributed by atoms with van der Waals surface area (Å²) in [4.78, 5) is 10.7. The second kappa shape index (κ2) is 7.85. The number of carbonyl (C=O) groups is 1. The van der Waals surface area contributed by atoms with Crippen molar-refractivity contribution >= 4 is 5.97 Å². The summed E-state index contributed by atoms with van der Waals surface area (Å²) in [6.45, 7) is 3.23. The first-order chi connectivity index (χ1) is 10.2. The van der Waals surface area contributed by atoms with E-state index in [1.807, 2.05) is 6.07 Å². The molecule has 1 fully saturated rings. The Labute approximate surface area is 123 Å². The smallest absolute Gasteiger partial charge is 0.341 e. The van der Waals surface area contributed by atoms with Crippen LogP contribution in [0.2, 0.25) is 0 Å². The Bertz CT molecular complexity index is 467. The highest BCUT2D eigenvalue weighted by atomic mass is 16.7. The van der Waals surface area contributed by atoms with Gasteiger partial charge in [-0.1, -0.05) is 19.4 Å². The van der Waals surface area contributed by atoms with Crippen molar-refractivity contribution in [1.82, 2.24) is 0 Å². The van der Waals surface area contributed by atoms with Crippen molar-refractivity contribution in [3.63, 3.8) is 0 Å². The van der Waals surface area contributed by atoms with Crippen molar-refractivity contribution in [3.05, 3.63) is 23.8 Å². The zero-order chi connectivity index (χ0) is 15.1. The van der Waals surface area contributed by atoms with Gasteiger partial charge >= 0.3 is 5.97 Å². The molecule has 6 nitrogen and oxygen atoms in total. The summed E-state index contributed by atoms with van der Waals surface area (Å²) in [6, 6.07) is 5.26. The van der Waals surface area contributed by atoms with Crippen molar-refractivity contribution in [2.24, 2.45) is 0 Å². The number of ether oxygens (including phenoxy) is 4. The number of carboxylic acid groups (broad SMARTS) is 1. The molecule has 1 aliphatic heterocycles. The van der Waals surface area contributed by atoms with Gasteiger partial charge in [-0.15, -0.1) is 0 Å². The first kappa shape index (κ1) is 15.6. The van der Waals surface area contributed by atoms with Gasteiger partial charge in [-0.3, -0.25) is 0 Å². The van der Waals surface area contributed by atoms with Gasteiger partial charge in [0.1, 0.15) is 11.5 Å². The highest BCUT2D eigenvalue weighted by Gasteiger charge is 2.26. The third-order valence-electron chi connectivity index (χ3n) is 2.99. The van der Waals surface area contributed by atoms with E-state index in [0.29, 0.717) is 36.9 Å². The van der Waals surface area contributed by atoms with Crippen LogP contribution in [0.1, 0.15) is 31.6 Å². The maximum Gasteiger partial charge on any atom is 0.341 e. The predicted octanol–water partition coefficient (Wildman–Crippen LogP) is 2.37. The van der Waals surface area contributed by atoms with Gasteiger partial charge in [0, 0.05) is 0 Å². The van der Waals surface area contributed by atoms with E-state index in [9.17, 15) is 4.79 Å². The second-order valence-corrected chi connectivity index (χ2v) is 4.63. The van der Waals surface area contributed by atoms with Crippen molar-refractivity contribution in [2.45, 2.75) is 26.1 Å². The van der Waals surface area contributed by atoms with E-state index in [2.05, 4.69) is 6.92 Å². The molecule has 2 rings (SSSR count). The molecule has 116 valence electrons. The molecule has 1 aromatic carbocycles. The average Bonchev–Trinajstić information content (AvgIpc) is 2.99. The van der Waals surface area contributed by atoms with Gasteiger partial charge in [0.05, 0.1) is 25.4 Å². The van der Waals surface area contributed by atoms with Crippen LogP contribution in [0, 0.1) is 0 Å². The van der Waals surface area contributed by atoms with Crippen LogP contribution in [0.3, 0.4) is 0 Å². The number of hydrogen-bond acceptors (Lipinski definition) is 5. The molecule has 0 unspecified atom stereocenters. The highest BCUT2D eigenvalue weighted by Crippen LogP contribution is 2.38. The molecule has 1 aromatic rings. The van der Waals surface area contributed by atoms with Gasteiger partial charge in [-0.25, -0.2) is 4.79 Å². The lowest BCUT2D eigenvalue weighted by atomic mass is 10.1. The molecule has 0 radical (unpaired) electrons. The molecule has 1 saturated heterocycles. The number of aliphatic carboxylic acids is 1. The summed E-state index contributed by atoms with van der Waals surface area (Å²) in [5.41, 5.74) is 0.618. The maximum atomic E-state index is 10.7. The monoisotopic (exact) mass is 296 g/mol. The van der Waals surface area contributed by atoms with Crippen LogP contribution in [0.15, 0.2) is 18.2 Å². The van der Waals surface area contributed by atoms with E-state index in [4.69, 9.17) is 24.1 Å². The molecule has 0 amide bonds. The third-order valence-corrected chi connectivity index (χ3v) is 2.99. The minimum atomic E-state index is -1.04. The fourth-order valence-electron chi connectivity index (χ4n) is 2.00. The van der Waals surface area contributed by atoms with Crippen molar-refractivity contribution in [1.29, 1.82) is 0 Å². The number of unbranched alkanes of at least 4 members (excludes halogenated alkanes) is 1. The molecule has 0 saturated carbocycles. The normalized spacial score (nSPS) is 15.1. The second-order valence-electron chi connectivity index (χ2n) is 4.63. The fraction of sp³-hybridized carbons (Fsp3) is 0.533. The topological polar surface area (TPSA) is 74.2 Å². The number of hydrogen-bond donors (Lipinski definition) is 1. The third kappa shape index (κ3) is 4.34. The van der Waals surface area contributed by atoms with E-state index in [1.165, 1.54) is 0 Å². The maximum absolute atomic E-state index is 10.7. The lowest BCUT2D eigenvalue weighted by molar-refractivity contribution is -0.139. The SMILES string of the molecule is CCCCOc1cccc(OCC(=O)O)c1C1OCCO1. The van der Waals surface area contributed by atoms with E-state index in [0.717, 1.165) is 12.8 Å². The Balaban J connectivity index is 2.20. The molecule has 0 aliphatic carbocycles. The zero-order valence-electron chi connectivity index (χ0n) is 12.0. The Kier molecular flexibility index (Phi) is 5.83. The van der Waals surface area contributed by atoms with Crippen molar-refractivity contribution in [2.75, 3.05) is 26.4 Å². The lowest BCUT2D eigenvalue weighted by Gasteiger charge is -2.19. The van der Waals surface area contributed by atoms with Gasteiger partial charge in [0.25, 0.3) is 0 Å². The number of benzene rings is 1. The molecular weight excluding hydrogens is 276 g/mol. The largest absolute Gasteiger partial charge is 0.493 e. The standard InChI is InChI=1S/C15H20O6/c1-2-3-7-18-11-5-4-6-12(21-10-13(16)17)14(11)15-19-8-9-20-15/h4-6,15H,2-3,7-10H2,1H3,(H,16,17). The lowest BCUT2D eigenvalue weighted by Crippen LogP contribution is -2.13. The van der Waals surface area contributed by atoms with Crippen LogP contribution in [0.4, 0.5) is 0 Å². The molecule has 0 atom stereocenters. The minimum absolute atomic E-state index is 0.415. The molecule has 1 heterocycles. The summed E-state index contributed by atoms with van der Waals surface area (Å²) in [7, 11) is 0. The number of carboxylic acids is 1. The number of rotatable bonds is 8. The summed E-state index contributed by atoms with van der Waals surface area (Å²) in [5, 5.41) is 8.75. The Morgan fingerprint density at radius 2 is 1.95 bits per heavy atom. The van der Waals surface area contributed by atoms with Crippen LogP contribution >= 0.6 is 0 Å². The first-order valence-corrected chi connectivity index (χ1v) is 7.06. The molecule has 1 N–H and O–H groups in total. The van der Waals surface area contributed by atoms with Crippen LogP contribution < -0.4 is 9.47 Å². The fourth-order valence-corrected chi connectivity index (χ4v) is 2.00. The molecule has 6 heteroatoms. The van der Waals surface area contributed by atoms with Crippen LogP contribution in [0.25, 0.3) is 0 Å². The summed E-state index contributed by atoms with van der Waals surface area (Å²) in [6.07, 6.45) is 1.39. The van der Waals surface area contributed by atoms with E-state index in [-0.39, 0.29) is 0 Å². The first-order valence-electron chi connectivity index (χ1n) is 7.06. The van der Waals surface area contributed by atoms with Gasteiger partial charge in [-0.2, -0.15) is 0 Å². The molecular formula is C15H20O6. The Hall–Kier alpha value is -1.79. The van der Waals surface area contributed by atoms with Gasteiger partial charge < -0.3 is 24.1 Å². The molecule has 1 aliphatic rings. The van der Waals surface area contributed by atoms with E-state index in [1.54, 1.807) is 12.1 Å². The molecule has 0 bridgehead atoms. The van der Waals surface area contributed by atoms with Crippen LogP contribution in [-0.4, -0.2) is 37.5 Å². The van der Waals surface area contributed by atoms with Gasteiger partial charge in [-0.05, 0) is 18.6 Å². The zero-order valence-corrected chi connectivity index (χ0v) is 12.0. The quantitative estimate of drug-likeness (QED) is 0.742.